The van der Waals surface area contributed by atoms with Crippen molar-refractivity contribution >= 4 is 10.2 Å². The van der Waals surface area contributed by atoms with Crippen molar-refractivity contribution in [3.63, 3.8) is 0 Å². The van der Waals surface area contributed by atoms with Crippen molar-refractivity contribution in [1.82, 2.24) is 23.8 Å². The fourth-order valence-electron chi connectivity index (χ4n) is 2.14. The van der Waals surface area contributed by atoms with E-state index in [2.05, 4.69) is 14.8 Å². The zero-order valence-corrected chi connectivity index (χ0v) is 12.9. The summed E-state index contributed by atoms with van der Waals surface area (Å²) in [6.45, 7) is 3.30. The maximum absolute atomic E-state index is 12.1. The molecule has 0 aliphatic carbocycles. The molecule has 1 aromatic rings. The number of rotatable bonds is 6. The average Bonchev–Trinajstić information content (AvgIpc) is 2.81. The van der Waals surface area contributed by atoms with E-state index in [0.29, 0.717) is 24.8 Å². The Morgan fingerprint density at radius 3 is 2.95 bits per heavy atom. The van der Waals surface area contributed by atoms with Gasteiger partial charge in [-0.2, -0.15) is 22.5 Å². The number of aryl methyl sites for hydroxylation is 1. The fourth-order valence-corrected chi connectivity index (χ4v) is 3.24. The topological polar surface area (TPSA) is 89.4 Å². The molecule has 9 heteroatoms. The highest BCUT2D eigenvalue weighted by Crippen LogP contribution is 2.24. The molecule has 20 heavy (non-hydrogen) atoms. The van der Waals surface area contributed by atoms with Crippen LogP contribution < -0.4 is 4.72 Å². The van der Waals surface area contributed by atoms with Crippen molar-refractivity contribution in [3.05, 3.63) is 11.6 Å². The first kappa shape index (κ1) is 15.4. The molecule has 1 aliphatic rings. The minimum absolute atomic E-state index is 0.328. The Hall–Kier alpha value is -1.03. The summed E-state index contributed by atoms with van der Waals surface area (Å²) < 4.78 is 35.0. The van der Waals surface area contributed by atoms with Gasteiger partial charge in [-0.1, -0.05) is 6.92 Å². The molecule has 1 atom stereocenters. The van der Waals surface area contributed by atoms with Gasteiger partial charge in [-0.25, -0.2) is 9.67 Å². The molecular formula is C11H21N5O3S. The third-order valence-electron chi connectivity index (χ3n) is 3.34. The van der Waals surface area contributed by atoms with Crippen LogP contribution >= 0.6 is 0 Å². The van der Waals surface area contributed by atoms with Crippen LogP contribution in [0.1, 0.15) is 37.5 Å². The van der Waals surface area contributed by atoms with Gasteiger partial charge in [-0.05, 0) is 12.8 Å². The Kier molecular flexibility index (Phi) is 4.74. The summed E-state index contributed by atoms with van der Waals surface area (Å²) in [7, 11) is -0.357. The van der Waals surface area contributed by atoms with Gasteiger partial charge in [-0.15, -0.1) is 0 Å². The number of hydrogen-bond donors (Lipinski definition) is 1. The number of ether oxygens (including phenoxy) is 1. The van der Waals surface area contributed by atoms with Gasteiger partial charge in [-0.3, -0.25) is 0 Å². The van der Waals surface area contributed by atoms with Crippen molar-refractivity contribution in [1.29, 1.82) is 0 Å². The van der Waals surface area contributed by atoms with Crippen LogP contribution in [0.3, 0.4) is 0 Å². The second kappa shape index (κ2) is 6.17. The van der Waals surface area contributed by atoms with Crippen LogP contribution in [0.5, 0.6) is 0 Å². The number of nitrogens with zero attached hydrogens (tertiary/aromatic N) is 4. The molecule has 0 spiro atoms. The largest absolute Gasteiger partial charge is 0.377 e. The molecule has 0 aromatic carbocycles. The normalized spacial score (nSPS) is 19.3. The first-order chi connectivity index (χ1) is 9.47. The molecule has 1 N–H and O–H groups in total. The number of aromatic nitrogens is 3. The molecule has 0 amide bonds. The highest BCUT2D eigenvalue weighted by molar-refractivity contribution is 7.87. The van der Waals surface area contributed by atoms with E-state index in [1.807, 2.05) is 0 Å². The van der Waals surface area contributed by atoms with E-state index in [1.165, 1.54) is 4.31 Å². The van der Waals surface area contributed by atoms with E-state index >= 15 is 0 Å². The van der Waals surface area contributed by atoms with E-state index < -0.39 is 10.2 Å². The van der Waals surface area contributed by atoms with Gasteiger partial charge in [0.15, 0.2) is 5.82 Å². The fraction of sp³-hybridized carbons (Fsp3) is 0.818. The van der Waals surface area contributed by atoms with E-state index in [4.69, 9.17) is 4.74 Å². The molecule has 1 aromatic heterocycles. The van der Waals surface area contributed by atoms with Crippen LogP contribution in [-0.4, -0.2) is 48.2 Å². The molecule has 0 saturated carbocycles. The van der Waals surface area contributed by atoms with Gasteiger partial charge < -0.3 is 4.74 Å². The van der Waals surface area contributed by atoms with Crippen molar-refractivity contribution in [2.75, 3.05) is 20.7 Å². The number of fused-ring (bicyclic) bond motifs is 1. The smallest absolute Gasteiger partial charge is 0.279 e. The minimum atomic E-state index is -3.48. The molecule has 114 valence electrons. The predicted octanol–water partition coefficient (Wildman–Crippen LogP) is 0.0455. The van der Waals surface area contributed by atoms with Crippen molar-refractivity contribution in [3.8, 4) is 0 Å². The zero-order chi connectivity index (χ0) is 14.8. The molecule has 1 aliphatic heterocycles. The summed E-state index contributed by atoms with van der Waals surface area (Å²) in [6.07, 6.45) is 1.59. The van der Waals surface area contributed by atoms with Crippen LogP contribution in [0.15, 0.2) is 0 Å². The highest BCUT2D eigenvalue weighted by atomic mass is 32.2. The molecule has 0 bridgehead atoms. The average molecular weight is 303 g/mol. The Bertz CT molecular complexity index is 556. The zero-order valence-electron chi connectivity index (χ0n) is 12.0. The lowest BCUT2D eigenvalue weighted by atomic mass is 10.1. The predicted molar refractivity (Wildman–Crippen MR) is 73.1 cm³/mol. The summed E-state index contributed by atoms with van der Waals surface area (Å²) >= 11 is 0. The summed E-state index contributed by atoms with van der Waals surface area (Å²) in [4.78, 5) is 4.37. The Morgan fingerprint density at radius 2 is 2.30 bits per heavy atom. The maximum Gasteiger partial charge on any atom is 0.279 e. The maximum atomic E-state index is 12.1. The first-order valence-electron chi connectivity index (χ1n) is 6.64. The highest BCUT2D eigenvalue weighted by Gasteiger charge is 2.29. The Balaban J connectivity index is 2.20. The molecule has 0 radical (unpaired) electrons. The second-order valence-corrected chi connectivity index (χ2v) is 6.58. The lowest BCUT2D eigenvalue weighted by Crippen LogP contribution is -2.41. The first-order valence-corrected chi connectivity index (χ1v) is 8.08. The standard InChI is InChI=1S/C11H21N5O3S/c1-4-15(2)20(17,18)14-9-6-5-7-16-11(9)12-10(13-16)8-19-3/h9,14H,4-8H2,1-3H3/t9-/m0/s1. The van der Waals surface area contributed by atoms with Crippen LogP contribution in [-0.2, 0) is 28.1 Å². The summed E-state index contributed by atoms with van der Waals surface area (Å²) in [5.41, 5.74) is 0. The SMILES string of the molecule is CCN(C)S(=O)(=O)N[C@H]1CCCn2nc(COC)nc21. The molecule has 0 unspecified atom stereocenters. The second-order valence-electron chi connectivity index (χ2n) is 4.77. The van der Waals surface area contributed by atoms with Crippen LogP contribution in [0.25, 0.3) is 0 Å². The van der Waals surface area contributed by atoms with Gasteiger partial charge in [0, 0.05) is 27.2 Å². The quantitative estimate of drug-likeness (QED) is 0.802. The summed E-state index contributed by atoms with van der Waals surface area (Å²) in [6, 6.07) is -0.333. The molecular weight excluding hydrogens is 282 g/mol. The Morgan fingerprint density at radius 1 is 1.55 bits per heavy atom. The van der Waals surface area contributed by atoms with Crippen LogP contribution in [0.4, 0.5) is 0 Å². The summed E-state index contributed by atoms with van der Waals surface area (Å²) in [5.74, 6) is 1.24. The van der Waals surface area contributed by atoms with Crippen LogP contribution in [0.2, 0.25) is 0 Å². The number of hydrogen-bond acceptors (Lipinski definition) is 5. The molecule has 8 nitrogen and oxygen atoms in total. The molecule has 0 fully saturated rings. The van der Waals surface area contributed by atoms with Gasteiger partial charge in [0.05, 0.1) is 6.04 Å². The van der Waals surface area contributed by atoms with Crippen molar-refractivity contribution in [2.24, 2.45) is 0 Å². The molecule has 2 heterocycles. The van der Waals surface area contributed by atoms with Crippen molar-refractivity contribution in [2.45, 2.75) is 39.0 Å². The van der Waals surface area contributed by atoms with E-state index in [0.717, 1.165) is 19.4 Å². The van der Waals surface area contributed by atoms with Gasteiger partial charge in [0.25, 0.3) is 10.2 Å². The van der Waals surface area contributed by atoms with E-state index in [1.54, 1.807) is 25.8 Å². The third kappa shape index (κ3) is 3.17. The van der Waals surface area contributed by atoms with Gasteiger partial charge >= 0.3 is 0 Å². The third-order valence-corrected chi connectivity index (χ3v) is 5.00. The lowest BCUT2D eigenvalue weighted by Gasteiger charge is -2.25. The van der Waals surface area contributed by atoms with Crippen LogP contribution in [0, 0.1) is 0 Å². The molecule has 0 saturated heterocycles. The minimum Gasteiger partial charge on any atom is -0.377 e. The van der Waals surface area contributed by atoms with E-state index in [-0.39, 0.29) is 6.04 Å². The monoisotopic (exact) mass is 303 g/mol. The van der Waals surface area contributed by atoms with Gasteiger partial charge in [0.1, 0.15) is 12.4 Å². The van der Waals surface area contributed by atoms with E-state index in [9.17, 15) is 8.42 Å². The van der Waals surface area contributed by atoms with Crippen molar-refractivity contribution < 1.29 is 13.2 Å². The molecule has 2 rings (SSSR count). The summed E-state index contributed by atoms with van der Waals surface area (Å²) in [5, 5.41) is 4.32. The lowest BCUT2D eigenvalue weighted by molar-refractivity contribution is 0.177. The number of methoxy groups -OCH3 is 1. The number of nitrogens with one attached hydrogen (secondary N) is 1. The Labute approximate surface area is 119 Å². The van der Waals surface area contributed by atoms with Gasteiger partial charge in [0.2, 0.25) is 0 Å².